The van der Waals surface area contributed by atoms with Gasteiger partial charge in [0.15, 0.2) is 0 Å². The summed E-state index contributed by atoms with van der Waals surface area (Å²) in [7, 11) is 0. The molecule has 2 aliphatic heterocycles. The first kappa shape index (κ1) is 5.28. The van der Waals surface area contributed by atoms with Gasteiger partial charge in [-0.1, -0.05) is 0 Å². The Kier molecular flexibility index (Phi) is 0.758. The van der Waals surface area contributed by atoms with Crippen molar-refractivity contribution in [3.05, 3.63) is 5.53 Å². The molecule has 2 saturated heterocycles. The largest absolute Gasteiger partial charge is 0.506 e. The van der Waals surface area contributed by atoms with E-state index in [0.717, 1.165) is 11.8 Å². The highest BCUT2D eigenvalue weighted by Crippen LogP contribution is 2.51. The molecule has 3 fully saturated rings. The second kappa shape index (κ2) is 1.44. The van der Waals surface area contributed by atoms with Crippen LogP contribution < -0.4 is 0 Å². The summed E-state index contributed by atoms with van der Waals surface area (Å²) < 4.78 is 1.66. The highest BCUT2D eigenvalue weighted by molar-refractivity contribution is 4.98. The molecular formula is C8H12N2. The van der Waals surface area contributed by atoms with Gasteiger partial charge in [-0.2, -0.15) is 0 Å². The van der Waals surface area contributed by atoms with Gasteiger partial charge in [-0.25, -0.2) is 0 Å². The van der Waals surface area contributed by atoms with E-state index in [9.17, 15) is 5.53 Å². The summed E-state index contributed by atoms with van der Waals surface area (Å²) in [5, 5.41) is 0. The molecule has 0 aromatic rings. The fraction of sp³-hybridized carbons (Fsp3) is 1.00. The van der Waals surface area contributed by atoms with Crippen molar-refractivity contribution in [3.63, 3.8) is 0 Å². The van der Waals surface area contributed by atoms with E-state index in [2.05, 4.69) is 0 Å². The zero-order valence-electron chi connectivity index (χ0n) is 6.03. The Morgan fingerprint density at radius 2 is 1.70 bits per heavy atom. The molecule has 3 rings (SSSR count). The molecule has 1 saturated carbocycles. The van der Waals surface area contributed by atoms with Crippen molar-refractivity contribution in [2.75, 3.05) is 0 Å². The molecule has 54 valence electrons. The molecule has 0 radical (unpaired) electrons. The van der Waals surface area contributed by atoms with Crippen molar-refractivity contribution >= 4 is 0 Å². The van der Waals surface area contributed by atoms with E-state index in [1.54, 1.807) is 4.70 Å². The maximum Gasteiger partial charge on any atom is 0.147 e. The Hall–Kier alpha value is -0.400. The molecule has 2 bridgehead atoms. The van der Waals surface area contributed by atoms with Crippen LogP contribution in [0.1, 0.15) is 25.7 Å². The minimum absolute atomic E-state index is 0.544. The topological polar surface area (TPSA) is 25.3 Å². The summed E-state index contributed by atoms with van der Waals surface area (Å²) in [6.45, 7) is 0. The molecule has 1 aliphatic carbocycles. The van der Waals surface area contributed by atoms with Gasteiger partial charge in [-0.05, 0) is 12.8 Å². The lowest BCUT2D eigenvalue weighted by Crippen LogP contribution is -2.19. The highest BCUT2D eigenvalue weighted by atomic mass is 15.3. The Bertz CT molecular complexity index is 185. The highest BCUT2D eigenvalue weighted by Gasteiger charge is 2.57. The van der Waals surface area contributed by atoms with Crippen LogP contribution in [0, 0.1) is 11.8 Å². The first-order chi connectivity index (χ1) is 4.86. The molecule has 2 nitrogen and oxygen atoms in total. The third kappa shape index (κ3) is 0.405. The summed E-state index contributed by atoms with van der Waals surface area (Å²) >= 11 is 0. The fourth-order valence-electron chi connectivity index (χ4n) is 3.36. The summed E-state index contributed by atoms with van der Waals surface area (Å²) in [4.78, 5) is 0. The van der Waals surface area contributed by atoms with Crippen LogP contribution in [-0.4, -0.2) is 16.8 Å². The maximum absolute atomic E-state index is 9.54. The number of hydrogen-bond acceptors (Lipinski definition) is 0. The van der Waals surface area contributed by atoms with Crippen molar-refractivity contribution in [1.29, 1.82) is 0 Å². The molecule has 0 aromatic heterocycles. The first-order valence-electron chi connectivity index (χ1n) is 4.33. The van der Waals surface area contributed by atoms with Gasteiger partial charge in [0.1, 0.15) is 12.1 Å². The van der Waals surface area contributed by atoms with Crippen molar-refractivity contribution in [2.45, 2.75) is 37.8 Å². The molecule has 0 aromatic carbocycles. The van der Waals surface area contributed by atoms with Gasteiger partial charge >= 0.3 is 0 Å². The summed E-state index contributed by atoms with van der Waals surface area (Å²) in [6.07, 6.45) is 5.31. The van der Waals surface area contributed by atoms with Crippen LogP contribution in [0.4, 0.5) is 0 Å². The number of nitrogens with zero attached hydrogens (tertiary/aromatic N) is 2. The van der Waals surface area contributed by atoms with Crippen LogP contribution >= 0.6 is 0 Å². The molecule has 2 heterocycles. The lowest BCUT2D eigenvalue weighted by atomic mass is 9.89. The van der Waals surface area contributed by atoms with Gasteiger partial charge in [-0.3, -0.25) is 0 Å². The lowest BCUT2D eigenvalue weighted by molar-refractivity contribution is -0.580. The predicted molar refractivity (Wildman–Crippen MR) is 36.6 cm³/mol. The molecular weight excluding hydrogens is 124 g/mol. The van der Waals surface area contributed by atoms with Crippen molar-refractivity contribution in [2.24, 2.45) is 11.8 Å². The summed E-state index contributed by atoms with van der Waals surface area (Å²) in [6, 6.07) is 1.12. The van der Waals surface area contributed by atoms with Crippen LogP contribution in [0.5, 0.6) is 0 Å². The van der Waals surface area contributed by atoms with E-state index in [-0.39, 0.29) is 0 Å². The van der Waals surface area contributed by atoms with Crippen molar-refractivity contribution in [1.82, 2.24) is 0 Å². The van der Waals surface area contributed by atoms with Gasteiger partial charge < -0.3 is 10.2 Å². The Labute approximate surface area is 60.7 Å². The van der Waals surface area contributed by atoms with E-state index in [0.29, 0.717) is 12.1 Å². The lowest BCUT2D eigenvalue weighted by Gasteiger charge is -2.08. The number of hydrogen-bond donors (Lipinski definition) is 0. The number of rotatable bonds is 0. The van der Waals surface area contributed by atoms with E-state index in [1.807, 2.05) is 0 Å². The third-order valence-corrected chi connectivity index (χ3v) is 3.70. The van der Waals surface area contributed by atoms with Gasteiger partial charge in [0.2, 0.25) is 0 Å². The van der Waals surface area contributed by atoms with Crippen LogP contribution in [0.15, 0.2) is 0 Å². The maximum atomic E-state index is 9.54. The molecule has 2 heteroatoms. The van der Waals surface area contributed by atoms with E-state index in [1.165, 1.54) is 25.7 Å². The Morgan fingerprint density at radius 3 is 2.10 bits per heavy atom. The zero-order valence-corrected chi connectivity index (χ0v) is 6.03. The second-order valence-corrected chi connectivity index (χ2v) is 4.09. The summed E-state index contributed by atoms with van der Waals surface area (Å²) in [5.41, 5.74) is 9.54. The normalized spacial score (nSPS) is 56.6. The zero-order chi connectivity index (χ0) is 6.72. The predicted octanol–water partition coefficient (Wildman–Crippen LogP) is 1.59. The minimum Gasteiger partial charge on any atom is -0.506 e. The van der Waals surface area contributed by atoms with Crippen LogP contribution in [0.25, 0.3) is 5.53 Å². The average Bonchev–Trinajstić information content (AvgIpc) is 2.44. The molecule has 2 atom stereocenters. The van der Waals surface area contributed by atoms with E-state index in [4.69, 9.17) is 0 Å². The fourth-order valence-corrected chi connectivity index (χ4v) is 3.36. The SMILES string of the molecule is [N-]=[N+]1C2CC3CCC(C2)C31. The smallest absolute Gasteiger partial charge is 0.147 e. The van der Waals surface area contributed by atoms with E-state index < -0.39 is 0 Å². The average molecular weight is 136 g/mol. The monoisotopic (exact) mass is 136 g/mol. The third-order valence-electron chi connectivity index (χ3n) is 3.70. The molecule has 0 spiro atoms. The van der Waals surface area contributed by atoms with Crippen LogP contribution in [0.3, 0.4) is 0 Å². The van der Waals surface area contributed by atoms with E-state index >= 15 is 0 Å². The standard InChI is InChI=1S/C8H12N2/c9-10-7-3-5-1-2-6(4-7)8(5)10/h5-8H,1-4H2. The van der Waals surface area contributed by atoms with Crippen molar-refractivity contribution < 1.29 is 4.70 Å². The van der Waals surface area contributed by atoms with Crippen LogP contribution in [-0.2, 0) is 0 Å². The second-order valence-electron chi connectivity index (χ2n) is 4.09. The summed E-state index contributed by atoms with van der Waals surface area (Å²) in [5.74, 6) is 1.71. The molecule has 3 aliphatic rings. The van der Waals surface area contributed by atoms with Gasteiger partial charge in [-0.15, -0.1) is 0 Å². The van der Waals surface area contributed by atoms with Gasteiger partial charge in [0.25, 0.3) is 0 Å². The Morgan fingerprint density at radius 1 is 1.10 bits per heavy atom. The first-order valence-corrected chi connectivity index (χ1v) is 4.33. The minimum atomic E-state index is 0.544. The van der Waals surface area contributed by atoms with Crippen molar-refractivity contribution in [3.8, 4) is 0 Å². The molecule has 2 unspecified atom stereocenters. The van der Waals surface area contributed by atoms with Gasteiger partial charge in [0, 0.05) is 24.7 Å². The molecule has 0 N–H and O–H groups in total. The molecule has 0 amide bonds. The molecule has 10 heavy (non-hydrogen) atoms. The number of fused-ring (bicyclic) bond motifs is 1. The van der Waals surface area contributed by atoms with Crippen LogP contribution in [0.2, 0.25) is 0 Å². The Balaban J connectivity index is 2.09. The van der Waals surface area contributed by atoms with Gasteiger partial charge in [0.05, 0.1) is 0 Å². The quantitative estimate of drug-likeness (QED) is 0.452.